The van der Waals surface area contributed by atoms with Crippen LogP contribution in [0.15, 0.2) is 29.6 Å². The Balaban J connectivity index is 0.00000225. The minimum Gasteiger partial charge on any atom is -0.337 e. The van der Waals surface area contributed by atoms with Crippen molar-refractivity contribution in [3.63, 3.8) is 0 Å². The zero-order chi connectivity index (χ0) is 17.3. The van der Waals surface area contributed by atoms with Crippen LogP contribution in [0.4, 0.5) is 5.69 Å². The molecular formula is C16H19ClN4O3S. The first kappa shape index (κ1) is 19.3. The van der Waals surface area contributed by atoms with E-state index in [2.05, 4.69) is 11.9 Å². The Labute approximate surface area is 155 Å². The number of amides is 1. The maximum absolute atomic E-state index is 12.6. The summed E-state index contributed by atoms with van der Waals surface area (Å²) in [5, 5.41) is 13.2. The number of aromatic nitrogens is 1. The van der Waals surface area contributed by atoms with E-state index in [1.807, 2.05) is 0 Å². The van der Waals surface area contributed by atoms with Gasteiger partial charge in [0.25, 0.3) is 11.6 Å². The van der Waals surface area contributed by atoms with E-state index in [-0.39, 0.29) is 29.4 Å². The second kappa shape index (κ2) is 7.47. The van der Waals surface area contributed by atoms with Gasteiger partial charge in [-0.3, -0.25) is 14.9 Å². The summed E-state index contributed by atoms with van der Waals surface area (Å²) < 4.78 is 0. The molecule has 2 aromatic rings. The molecule has 134 valence electrons. The standard InChI is InChI=1S/C16H18N4O3S.ClH/c1-16(9-17)5-6-19(10-16)15(21)13-8-24-14(18-13)11-3-2-4-12(7-11)20(22)23;/h2-4,7-8H,5-6,9-10,17H2,1H3;1H. The highest BCUT2D eigenvalue weighted by Crippen LogP contribution is 2.31. The van der Waals surface area contributed by atoms with Crippen molar-refractivity contribution in [3.05, 3.63) is 45.5 Å². The number of nitrogens with two attached hydrogens (primary N) is 1. The van der Waals surface area contributed by atoms with Crippen molar-refractivity contribution in [2.45, 2.75) is 13.3 Å². The van der Waals surface area contributed by atoms with Crippen molar-refractivity contribution in [2.75, 3.05) is 19.6 Å². The van der Waals surface area contributed by atoms with Crippen LogP contribution < -0.4 is 5.73 Å². The van der Waals surface area contributed by atoms with E-state index in [0.29, 0.717) is 35.9 Å². The molecule has 2 N–H and O–H groups in total. The Morgan fingerprint density at radius 2 is 2.28 bits per heavy atom. The molecule has 1 aromatic carbocycles. The fourth-order valence-corrected chi connectivity index (χ4v) is 3.57. The third kappa shape index (κ3) is 3.97. The summed E-state index contributed by atoms with van der Waals surface area (Å²) >= 11 is 1.31. The number of benzene rings is 1. The summed E-state index contributed by atoms with van der Waals surface area (Å²) in [6, 6.07) is 6.26. The van der Waals surface area contributed by atoms with Crippen LogP contribution in [0.1, 0.15) is 23.8 Å². The molecule has 7 nitrogen and oxygen atoms in total. The molecule has 1 amide bonds. The molecule has 1 aliphatic rings. The van der Waals surface area contributed by atoms with Crippen LogP contribution in [0.25, 0.3) is 10.6 Å². The normalized spacial score (nSPS) is 19.5. The van der Waals surface area contributed by atoms with Gasteiger partial charge in [-0.05, 0) is 18.4 Å². The number of likely N-dealkylation sites (tertiary alicyclic amines) is 1. The molecule has 9 heteroatoms. The van der Waals surface area contributed by atoms with E-state index >= 15 is 0 Å². The third-order valence-electron chi connectivity index (χ3n) is 4.37. The lowest BCUT2D eigenvalue weighted by Gasteiger charge is -2.22. The van der Waals surface area contributed by atoms with Gasteiger partial charge in [0, 0.05) is 36.2 Å². The van der Waals surface area contributed by atoms with Crippen molar-refractivity contribution in [1.82, 2.24) is 9.88 Å². The molecule has 1 saturated heterocycles. The summed E-state index contributed by atoms with van der Waals surface area (Å²) in [5.74, 6) is -0.111. The van der Waals surface area contributed by atoms with Crippen molar-refractivity contribution in [2.24, 2.45) is 11.1 Å². The van der Waals surface area contributed by atoms with Gasteiger partial charge in [-0.15, -0.1) is 23.7 Å². The summed E-state index contributed by atoms with van der Waals surface area (Å²) in [5.41, 5.74) is 6.77. The molecule has 0 radical (unpaired) electrons. The molecule has 0 bridgehead atoms. The third-order valence-corrected chi connectivity index (χ3v) is 5.26. The highest BCUT2D eigenvalue weighted by Gasteiger charge is 2.35. The molecule has 1 aliphatic heterocycles. The quantitative estimate of drug-likeness (QED) is 0.646. The van der Waals surface area contributed by atoms with Gasteiger partial charge in [0.15, 0.2) is 0 Å². The molecule has 1 atom stereocenters. The fraction of sp³-hybridized carbons (Fsp3) is 0.375. The number of hydrogen-bond donors (Lipinski definition) is 1. The number of carbonyl (C=O) groups is 1. The van der Waals surface area contributed by atoms with E-state index in [1.54, 1.807) is 22.4 Å². The highest BCUT2D eigenvalue weighted by molar-refractivity contribution is 7.13. The van der Waals surface area contributed by atoms with Gasteiger partial charge in [-0.1, -0.05) is 19.1 Å². The highest BCUT2D eigenvalue weighted by atomic mass is 35.5. The Hall–Kier alpha value is -2.03. The summed E-state index contributed by atoms with van der Waals surface area (Å²) in [6.07, 6.45) is 0.886. The number of nitro groups is 1. The maximum atomic E-state index is 12.6. The summed E-state index contributed by atoms with van der Waals surface area (Å²) in [7, 11) is 0. The Morgan fingerprint density at radius 3 is 2.92 bits per heavy atom. The molecule has 0 spiro atoms. The van der Waals surface area contributed by atoms with Crippen LogP contribution in [0.2, 0.25) is 0 Å². The predicted molar refractivity (Wildman–Crippen MR) is 99.1 cm³/mol. The van der Waals surface area contributed by atoms with E-state index in [4.69, 9.17) is 5.73 Å². The summed E-state index contributed by atoms with van der Waals surface area (Å²) in [4.78, 5) is 29.2. The van der Waals surface area contributed by atoms with Crippen LogP contribution in [0.5, 0.6) is 0 Å². The lowest BCUT2D eigenvalue weighted by molar-refractivity contribution is -0.384. The van der Waals surface area contributed by atoms with E-state index in [9.17, 15) is 14.9 Å². The number of non-ortho nitro benzene ring substituents is 1. The molecule has 0 aliphatic carbocycles. The van der Waals surface area contributed by atoms with Crippen molar-refractivity contribution >= 4 is 35.3 Å². The van der Waals surface area contributed by atoms with Gasteiger partial charge in [0.2, 0.25) is 0 Å². The van der Waals surface area contributed by atoms with Crippen molar-refractivity contribution < 1.29 is 9.72 Å². The zero-order valence-corrected chi connectivity index (χ0v) is 15.3. The molecule has 0 saturated carbocycles. The molecule has 25 heavy (non-hydrogen) atoms. The smallest absolute Gasteiger partial charge is 0.273 e. The minimum absolute atomic E-state index is 0. The minimum atomic E-state index is -0.443. The molecule has 3 rings (SSSR count). The predicted octanol–water partition coefficient (Wildman–Crippen LogP) is 2.95. The van der Waals surface area contributed by atoms with Gasteiger partial charge in [0.05, 0.1) is 4.92 Å². The average Bonchev–Trinajstić information content (AvgIpc) is 3.22. The van der Waals surface area contributed by atoms with E-state index in [0.717, 1.165) is 6.42 Å². The van der Waals surface area contributed by atoms with Crippen molar-refractivity contribution in [3.8, 4) is 10.6 Å². The van der Waals surface area contributed by atoms with Crippen molar-refractivity contribution in [1.29, 1.82) is 0 Å². The van der Waals surface area contributed by atoms with Gasteiger partial charge in [-0.25, -0.2) is 4.98 Å². The molecular weight excluding hydrogens is 364 g/mol. The number of rotatable bonds is 4. The fourth-order valence-electron chi connectivity index (χ4n) is 2.78. The first-order valence-electron chi connectivity index (χ1n) is 7.61. The topological polar surface area (TPSA) is 102 Å². The van der Waals surface area contributed by atoms with Gasteiger partial charge in [0.1, 0.15) is 10.7 Å². The Morgan fingerprint density at radius 1 is 1.52 bits per heavy atom. The van der Waals surface area contributed by atoms with E-state index < -0.39 is 4.92 Å². The van der Waals surface area contributed by atoms with Crippen LogP contribution in [-0.2, 0) is 0 Å². The molecule has 1 fully saturated rings. The maximum Gasteiger partial charge on any atom is 0.273 e. The second-order valence-corrected chi connectivity index (χ2v) is 7.19. The van der Waals surface area contributed by atoms with Gasteiger partial charge in [-0.2, -0.15) is 0 Å². The molecule has 1 unspecified atom stereocenters. The Kier molecular flexibility index (Phi) is 5.76. The van der Waals surface area contributed by atoms with Gasteiger partial charge >= 0.3 is 0 Å². The zero-order valence-electron chi connectivity index (χ0n) is 13.7. The van der Waals surface area contributed by atoms with Crippen LogP contribution in [-0.4, -0.2) is 40.3 Å². The number of thiazole rings is 1. The first-order valence-corrected chi connectivity index (χ1v) is 8.49. The number of nitrogens with zero attached hydrogens (tertiary/aromatic N) is 3. The van der Waals surface area contributed by atoms with E-state index in [1.165, 1.54) is 23.5 Å². The number of hydrogen-bond acceptors (Lipinski definition) is 6. The molecule has 2 heterocycles. The van der Waals surface area contributed by atoms with Crippen LogP contribution in [0.3, 0.4) is 0 Å². The van der Waals surface area contributed by atoms with Crippen LogP contribution in [0, 0.1) is 15.5 Å². The lowest BCUT2D eigenvalue weighted by atomic mass is 9.90. The Bertz CT molecular complexity index is 797. The SMILES string of the molecule is CC1(CN)CCN(C(=O)c2csc(-c3cccc([N+](=O)[O-])c3)n2)C1.Cl. The van der Waals surface area contributed by atoms with Crippen LogP contribution >= 0.6 is 23.7 Å². The summed E-state index contributed by atoms with van der Waals surface area (Å²) in [6.45, 7) is 3.94. The lowest BCUT2D eigenvalue weighted by Crippen LogP contribution is -2.34. The van der Waals surface area contributed by atoms with Gasteiger partial charge < -0.3 is 10.6 Å². The monoisotopic (exact) mass is 382 g/mol. The average molecular weight is 383 g/mol. The number of nitro benzene ring substituents is 1. The molecule has 1 aromatic heterocycles. The first-order chi connectivity index (χ1) is 11.4. The number of carbonyl (C=O) groups excluding carboxylic acids is 1. The number of halogens is 1. The second-order valence-electron chi connectivity index (χ2n) is 6.34. The largest absolute Gasteiger partial charge is 0.337 e.